The SMILES string of the molecule is COc1ccc(/C=N/NC(=O)CSc2nnc(-c3ccc(Cl)cc3)n2-c2ccccc2)cc1. The van der Waals surface area contributed by atoms with Gasteiger partial charge in [0.2, 0.25) is 0 Å². The van der Waals surface area contributed by atoms with E-state index in [9.17, 15) is 4.79 Å². The van der Waals surface area contributed by atoms with Crippen LogP contribution in [0, 0.1) is 0 Å². The molecule has 1 heterocycles. The van der Waals surface area contributed by atoms with Gasteiger partial charge in [0.25, 0.3) is 5.91 Å². The third-order valence-corrected chi connectivity index (χ3v) is 5.78. The van der Waals surface area contributed by atoms with Crippen LogP contribution in [0.15, 0.2) is 89.1 Å². The second-order valence-corrected chi connectivity index (χ2v) is 8.22. The largest absolute Gasteiger partial charge is 0.497 e. The molecule has 0 aliphatic carbocycles. The minimum atomic E-state index is -0.250. The molecule has 1 amide bonds. The highest BCUT2D eigenvalue weighted by atomic mass is 35.5. The predicted octanol–water partition coefficient (Wildman–Crippen LogP) is 4.84. The van der Waals surface area contributed by atoms with Gasteiger partial charge in [-0.1, -0.05) is 41.6 Å². The van der Waals surface area contributed by atoms with Gasteiger partial charge in [-0.25, -0.2) is 5.43 Å². The molecular weight excluding hydrogens is 458 g/mol. The normalized spacial score (nSPS) is 11.0. The van der Waals surface area contributed by atoms with Gasteiger partial charge in [0.15, 0.2) is 11.0 Å². The number of amides is 1. The first kappa shape index (κ1) is 22.6. The van der Waals surface area contributed by atoms with E-state index in [1.165, 1.54) is 11.8 Å². The number of hydrogen-bond acceptors (Lipinski definition) is 6. The fourth-order valence-corrected chi connectivity index (χ4v) is 3.86. The number of benzene rings is 3. The summed E-state index contributed by atoms with van der Waals surface area (Å²) in [5.74, 6) is 1.30. The maximum Gasteiger partial charge on any atom is 0.250 e. The summed E-state index contributed by atoms with van der Waals surface area (Å²) >= 11 is 7.31. The first-order valence-corrected chi connectivity index (χ1v) is 11.4. The van der Waals surface area contributed by atoms with E-state index in [4.69, 9.17) is 16.3 Å². The summed E-state index contributed by atoms with van der Waals surface area (Å²) < 4.78 is 7.05. The molecule has 0 bridgehead atoms. The minimum Gasteiger partial charge on any atom is -0.497 e. The van der Waals surface area contributed by atoms with Crippen LogP contribution in [0.1, 0.15) is 5.56 Å². The number of para-hydroxylation sites is 1. The van der Waals surface area contributed by atoms with Crippen LogP contribution < -0.4 is 10.2 Å². The molecule has 166 valence electrons. The predicted molar refractivity (Wildman–Crippen MR) is 131 cm³/mol. The summed E-state index contributed by atoms with van der Waals surface area (Å²) in [6.45, 7) is 0. The summed E-state index contributed by atoms with van der Waals surface area (Å²) in [5, 5.41) is 13.9. The average molecular weight is 478 g/mol. The average Bonchev–Trinajstić information content (AvgIpc) is 3.28. The highest BCUT2D eigenvalue weighted by molar-refractivity contribution is 7.99. The molecule has 0 unspecified atom stereocenters. The molecule has 0 fully saturated rings. The second kappa shape index (κ2) is 10.8. The number of hydrazone groups is 1. The minimum absolute atomic E-state index is 0.130. The zero-order chi connectivity index (χ0) is 23.0. The molecular formula is C24H20ClN5O2S. The third-order valence-electron chi connectivity index (χ3n) is 4.60. The van der Waals surface area contributed by atoms with Crippen LogP contribution in [0.25, 0.3) is 17.1 Å². The number of ether oxygens (including phenoxy) is 1. The first-order chi connectivity index (χ1) is 16.1. The van der Waals surface area contributed by atoms with Gasteiger partial charge in [-0.3, -0.25) is 9.36 Å². The summed E-state index contributed by atoms with van der Waals surface area (Å²) in [4.78, 5) is 12.3. The van der Waals surface area contributed by atoms with Gasteiger partial charge in [-0.2, -0.15) is 5.10 Å². The number of nitrogens with one attached hydrogen (secondary N) is 1. The monoisotopic (exact) mass is 477 g/mol. The lowest BCUT2D eigenvalue weighted by Crippen LogP contribution is -2.20. The number of carbonyl (C=O) groups is 1. The Hall–Kier alpha value is -3.62. The summed E-state index contributed by atoms with van der Waals surface area (Å²) in [7, 11) is 1.61. The Morgan fingerprint density at radius 2 is 1.79 bits per heavy atom. The van der Waals surface area contributed by atoms with Crippen molar-refractivity contribution in [3.63, 3.8) is 0 Å². The van der Waals surface area contributed by atoms with E-state index in [0.717, 1.165) is 22.6 Å². The Kier molecular flexibility index (Phi) is 7.39. The molecule has 9 heteroatoms. The van der Waals surface area contributed by atoms with Crippen LogP contribution in [0.5, 0.6) is 5.75 Å². The quantitative estimate of drug-likeness (QED) is 0.223. The molecule has 4 aromatic rings. The highest BCUT2D eigenvalue weighted by Gasteiger charge is 2.17. The third kappa shape index (κ3) is 5.79. The standard InChI is InChI=1S/C24H20ClN5O2S/c1-32-21-13-7-17(8-14-21)15-26-27-22(31)16-33-24-29-28-23(18-9-11-19(25)12-10-18)30(24)20-5-3-2-4-6-20/h2-15H,16H2,1H3,(H,27,31)/b26-15+. The van der Waals surface area contributed by atoms with E-state index in [2.05, 4.69) is 20.7 Å². The summed E-state index contributed by atoms with van der Waals surface area (Å²) in [5.41, 5.74) is 5.16. The molecule has 1 aromatic heterocycles. The topological polar surface area (TPSA) is 81.4 Å². The van der Waals surface area contributed by atoms with Crippen molar-refractivity contribution in [1.82, 2.24) is 20.2 Å². The number of carbonyl (C=O) groups excluding carboxylic acids is 1. The fourth-order valence-electron chi connectivity index (χ4n) is 2.99. The van der Waals surface area contributed by atoms with Gasteiger partial charge >= 0.3 is 0 Å². The highest BCUT2D eigenvalue weighted by Crippen LogP contribution is 2.28. The number of methoxy groups -OCH3 is 1. The summed E-state index contributed by atoms with van der Waals surface area (Å²) in [6.07, 6.45) is 1.58. The molecule has 3 aromatic carbocycles. The molecule has 4 rings (SSSR count). The van der Waals surface area contributed by atoms with Crippen molar-refractivity contribution in [2.24, 2.45) is 5.10 Å². The molecule has 33 heavy (non-hydrogen) atoms. The van der Waals surface area contributed by atoms with E-state index in [0.29, 0.717) is 16.0 Å². The second-order valence-electron chi connectivity index (χ2n) is 6.84. The lowest BCUT2D eigenvalue weighted by molar-refractivity contribution is -0.118. The van der Waals surface area contributed by atoms with Gasteiger partial charge < -0.3 is 4.74 Å². The molecule has 0 aliphatic rings. The van der Waals surface area contributed by atoms with Crippen molar-refractivity contribution in [2.45, 2.75) is 5.16 Å². The van der Waals surface area contributed by atoms with Gasteiger partial charge in [0.1, 0.15) is 5.75 Å². The molecule has 0 radical (unpaired) electrons. The van der Waals surface area contributed by atoms with E-state index in [1.54, 1.807) is 13.3 Å². The molecule has 0 saturated carbocycles. The lowest BCUT2D eigenvalue weighted by atomic mass is 10.2. The number of thioether (sulfide) groups is 1. The van der Waals surface area contributed by atoms with Crippen LogP contribution in [0.3, 0.4) is 0 Å². The van der Waals surface area contributed by atoms with Crippen LogP contribution in [0.2, 0.25) is 5.02 Å². The number of aromatic nitrogens is 3. The Balaban J connectivity index is 1.46. The van der Waals surface area contributed by atoms with Crippen LogP contribution in [-0.4, -0.2) is 39.7 Å². The van der Waals surface area contributed by atoms with Gasteiger partial charge in [-0.05, 0) is 66.2 Å². The fraction of sp³-hybridized carbons (Fsp3) is 0.0833. The van der Waals surface area contributed by atoms with Crippen molar-refractivity contribution in [3.8, 4) is 22.8 Å². The van der Waals surface area contributed by atoms with Crippen LogP contribution >= 0.6 is 23.4 Å². The van der Waals surface area contributed by atoms with Crippen molar-refractivity contribution in [1.29, 1.82) is 0 Å². The number of halogens is 1. The smallest absolute Gasteiger partial charge is 0.250 e. The van der Waals surface area contributed by atoms with Crippen molar-refractivity contribution in [2.75, 3.05) is 12.9 Å². The molecule has 0 spiro atoms. The Labute approximate surface area is 200 Å². The number of nitrogens with zero attached hydrogens (tertiary/aromatic N) is 4. The van der Waals surface area contributed by atoms with Gasteiger partial charge in [-0.15, -0.1) is 10.2 Å². The van der Waals surface area contributed by atoms with E-state index >= 15 is 0 Å². The van der Waals surface area contributed by atoms with Crippen LogP contribution in [-0.2, 0) is 4.79 Å². The lowest BCUT2D eigenvalue weighted by Gasteiger charge is -2.10. The maximum atomic E-state index is 12.3. The van der Waals surface area contributed by atoms with Crippen molar-refractivity contribution < 1.29 is 9.53 Å². The van der Waals surface area contributed by atoms with E-state index in [1.807, 2.05) is 83.4 Å². The molecule has 0 atom stereocenters. The van der Waals surface area contributed by atoms with E-state index in [-0.39, 0.29) is 11.7 Å². The van der Waals surface area contributed by atoms with Gasteiger partial charge in [0.05, 0.1) is 19.1 Å². The summed E-state index contributed by atoms with van der Waals surface area (Å²) in [6, 6.07) is 24.5. The first-order valence-electron chi connectivity index (χ1n) is 9.99. The number of hydrogen-bond donors (Lipinski definition) is 1. The van der Waals surface area contributed by atoms with E-state index < -0.39 is 0 Å². The Morgan fingerprint density at radius 3 is 2.48 bits per heavy atom. The Morgan fingerprint density at radius 1 is 1.06 bits per heavy atom. The molecule has 7 nitrogen and oxygen atoms in total. The number of rotatable bonds is 8. The molecule has 1 N–H and O–H groups in total. The zero-order valence-electron chi connectivity index (χ0n) is 17.7. The van der Waals surface area contributed by atoms with Crippen LogP contribution in [0.4, 0.5) is 0 Å². The zero-order valence-corrected chi connectivity index (χ0v) is 19.3. The van der Waals surface area contributed by atoms with Crippen molar-refractivity contribution >= 4 is 35.5 Å². The van der Waals surface area contributed by atoms with Gasteiger partial charge in [0, 0.05) is 16.3 Å². The Bertz CT molecular complexity index is 1240. The molecule has 0 aliphatic heterocycles. The van der Waals surface area contributed by atoms with Crippen molar-refractivity contribution in [3.05, 3.63) is 89.4 Å². The molecule has 0 saturated heterocycles. The maximum absolute atomic E-state index is 12.3.